The number of aryl methyl sites for hydroxylation is 2. The third kappa shape index (κ3) is 3.12. The lowest BCUT2D eigenvalue weighted by Crippen LogP contribution is -2.05. The molecule has 5 nitrogen and oxygen atoms in total. The second kappa shape index (κ2) is 6.14. The Hall–Kier alpha value is -2.43. The van der Waals surface area contributed by atoms with E-state index >= 15 is 0 Å². The number of aromatic nitrogens is 1. The van der Waals surface area contributed by atoms with Crippen LogP contribution >= 0.6 is 0 Å². The van der Waals surface area contributed by atoms with E-state index < -0.39 is 0 Å². The molecule has 104 valence electrons. The highest BCUT2D eigenvalue weighted by atomic mass is 16.6. The van der Waals surface area contributed by atoms with Crippen LogP contribution in [-0.2, 0) is 13.0 Å². The highest BCUT2D eigenvalue weighted by molar-refractivity contribution is 5.53. The summed E-state index contributed by atoms with van der Waals surface area (Å²) in [6, 6.07) is 9.02. The van der Waals surface area contributed by atoms with E-state index in [1.807, 2.05) is 6.07 Å². The van der Waals surface area contributed by atoms with Gasteiger partial charge in [-0.2, -0.15) is 0 Å². The lowest BCUT2D eigenvalue weighted by molar-refractivity contribution is -0.385. The molecule has 0 aliphatic heterocycles. The number of hydrogen-bond donors (Lipinski definition) is 1. The van der Waals surface area contributed by atoms with Crippen molar-refractivity contribution in [2.24, 2.45) is 0 Å². The van der Waals surface area contributed by atoms with Gasteiger partial charge in [0.15, 0.2) is 0 Å². The normalized spacial score (nSPS) is 10.3. The van der Waals surface area contributed by atoms with E-state index in [1.165, 1.54) is 11.6 Å². The molecule has 0 saturated carbocycles. The molecule has 0 spiro atoms. The summed E-state index contributed by atoms with van der Waals surface area (Å²) >= 11 is 0. The monoisotopic (exact) mass is 271 g/mol. The van der Waals surface area contributed by atoms with Crippen molar-refractivity contribution in [2.45, 2.75) is 26.8 Å². The second-order valence-electron chi connectivity index (χ2n) is 4.57. The number of anilines is 1. The molecule has 0 aliphatic carbocycles. The van der Waals surface area contributed by atoms with Crippen LogP contribution in [0.5, 0.6) is 0 Å². The van der Waals surface area contributed by atoms with Crippen LogP contribution < -0.4 is 5.32 Å². The topological polar surface area (TPSA) is 68.1 Å². The van der Waals surface area contributed by atoms with Crippen LogP contribution in [0.3, 0.4) is 0 Å². The molecule has 2 rings (SSSR count). The number of rotatable bonds is 5. The van der Waals surface area contributed by atoms with Gasteiger partial charge in [0.05, 0.1) is 17.2 Å². The van der Waals surface area contributed by atoms with Crippen molar-refractivity contribution in [3.63, 3.8) is 0 Å². The smallest absolute Gasteiger partial charge is 0.272 e. The van der Waals surface area contributed by atoms with Gasteiger partial charge in [-0.05, 0) is 37.1 Å². The third-order valence-electron chi connectivity index (χ3n) is 3.22. The van der Waals surface area contributed by atoms with Crippen LogP contribution in [0.15, 0.2) is 36.5 Å². The number of benzene rings is 1. The van der Waals surface area contributed by atoms with E-state index in [2.05, 4.69) is 23.3 Å². The van der Waals surface area contributed by atoms with Crippen molar-refractivity contribution in [2.75, 3.05) is 5.32 Å². The van der Waals surface area contributed by atoms with Gasteiger partial charge in [0.2, 0.25) is 0 Å². The van der Waals surface area contributed by atoms with Gasteiger partial charge in [0.1, 0.15) is 0 Å². The zero-order valence-corrected chi connectivity index (χ0v) is 11.6. The second-order valence-corrected chi connectivity index (χ2v) is 4.57. The van der Waals surface area contributed by atoms with Crippen molar-refractivity contribution < 1.29 is 4.92 Å². The van der Waals surface area contributed by atoms with Gasteiger partial charge in [-0.3, -0.25) is 15.1 Å². The SMILES string of the molecule is CCc1cccnc1CNc1ccc([N+](=O)[O-])c(C)c1. The standard InChI is InChI=1S/C15H17N3O2/c1-3-12-5-4-8-16-14(12)10-17-13-6-7-15(18(19)20)11(2)9-13/h4-9,17H,3,10H2,1-2H3. The summed E-state index contributed by atoms with van der Waals surface area (Å²) in [5.41, 5.74) is 3.87. The van der Waals surface area contributed by atoms with Crippen molar-refractivity contribution >= 4 is 11.4 Å². The molecule has 0 radical (unpaired) electrons. The summed E-state index contributed by atoms with van der Waals surface area (Å²) in [6.45, 7) is 4.44. The first kappa shape index (κ1) is 14.0. The van der Waals surface area contributed by atoms with Crippen LogP contribution in [0.2, 0.25) is 0 Å². The Labute approximate surface area is 117 Å². The van der Waals surface area contributed by atoms with Crippen molar-refractivity contribution in [3.8, 4) is 0 Å². The quantitative estimate of drug-likeness (QED) is 0.667. The van der Waals surface area contributed by atoms with Crippen molar-refractivity contribution in [1.82, 2.24) is 4.98 Å². The van der Waals surface area contributed by atoms with E-state index in [0.717, 1.165) is 17.8 Å². The third-order valence-corrected chi connectivity index (χ3v) is 3.22. The van der Waals surface area contributed by atoms with Gasteiger partial charge in [-0.25, -0.2) is 0 Å². The van der Waals surface area contributed by atoms with Crippen LogP contribution in [0, 0.1) is 17.0 Å². The summed E-state index contributed by atoms with van der Waals surface area (Å²) in [4.78, 5) is 14.8. The molecular formula is C15H17N3O2. The highest BCUT2D eigenvalue weighted by Crippen LogP contribution is 2.22. The van der Waals surface area contributed by atoms with Gasteiger partial charge in [0, 0.05) is 23.5 Å². The van der Waals surface area contributed by atoms with Crippen LogP contribution in [0.25, 0.3) is 0 Å². The van der Waals surface area contributed by atoms with Gasteiger partial charge < -0.3 is 5.32 Å². The number of hydrogen-bond acceptors (Lipinski definition) is 4. The summed E-state index contributed by atoms with van der Waals surface area (Å²) < 4.78 is 0. The summed E-state index contributed by atoms with van der Waals surface area (Å²) in [5, 5.41) is 14.0. The van der Waals surface area contributed by atoms with E-state index in [-0.39, 0.29) is 10.6 Å². The predicted molar refractivity (Wildman–Crippen MR) is 78.8 cm³/mol. The van der Waals surface area contributed by atoms with E-state index in [0.29, 0.717) is 12.1 Å². The maximum absolute atomic E-state index is 10.8. The first-order valence-electron chi connectivity index (χ1n) is 6.53. The average molecular weight is 271 g/mol. The molecule has 20 heavy (non-hydrogen) atoms. The van der Waals surface area contributed by atoms with Gasteiger partial charge >= 0.3 is 0 Å². The minimum absolute atomic E-state index is 0.141. The first-order valence-corrected chi connectivity index (χ1v) is 6.53. The fraction of sp³-hybridized carbons (Fsp3) is 0.267. The molecule has 0 bridgehead atoms. The molecule has 5 heteroatoms. The molecular weight excluding hydrogens is 254 g/mol. The summed E-state index contributed by atoms with van der Waals surface area (Å²) in [5.74, 6) is 0. The van der Waals surface area contributed by atoms with Gasteiger partial charge in [-0.15, -0.1) is 0 Å². The molecule has 1 N–H and O–H groups in total. The van der Waals surface area contributed by atoms with Crippen LogP contribution in [0.1, 0.15) is 23.7 Å². The Kier molecular flexibility index (Phi) is 4.30. The highest BCUT2D eigenvalue weighted by Gasteiger charge is 2.10. The first-order chi connectivity index (χ1) is 9.61. The zero-order chi connectivity index (χ0) is 14.5. The number of nitrogens with one attached hydrogen (secondary N) is 1. The zero-order valence-electron chi connectivity index (χ0n) is 11.6. The lowest BCUT2D eigenvalue weighted by Gasteiger charge is -2.10. The number of nitro benzene ring substituents is 1. The molecule has 0 aliphatic rings. The molecule has 1 heterocycles. The molecule has 0 atom stereocenters. The maximum Gasteiger partial charge on any atom is 0.272 e. The molecule has 2 aromatic rings. The molecule has 0 unspecified atom stereocenters. The fourth-order valence-corrected chi connectivity index (χ4v) is 2.11. The number of nitrogens with zero attached hydrogens (tertiary/aromatic N) is 2. The average Bonchev–Trinajstić information content (AvgIpc) is 2.45. The Morgan fingerprint density at radius 3 is 2.80 bits per heavy atom. The lowest BCUT2D eigenvalue weighted by atomic mass is 10.1. The molecule has 0 amide bonds. The predicted octanol–water partition coefficient (Wildman–Crippen LogP) is 3.47. The molecule has 0 fully saturated rings. The summed E-state index contributed by atoms with van der Waals surface area (Å²) in [7, 11) is 0. The van der Waals surface area contributed by atoms with E-state index in [4.69, 9.17) is 0 Å². The molecule has 1 aromatic heterocycles. The fourth-order valence-electron chi connectivity index (χ4n) is 2.11. The van der Waals surface area contributed by atoms with Crippen molar-refractivity contribution in [3.05, 3.63) is 63.5 Å². The van der Waals surface area contributed by atoms with E-state index in [1.54, 1.807) is 25.3 Å². The summed E-state index contributed by atoms with van der Waals surface area (Å²) in [6.07, 6.45) is 2.71. The Morgan fingerprint density at radius 1 is 1.35 bits per heavy atom. The van der Waals surface area contributed by atoms with Gasteiger partial charge in [0.25, 0.3) is 5.69 Å². The van der Waals surface area contributed by atoms with E-state index in [9.17, 15) is 10.1 Å². The Balaban J connectivity index is 2.11. The number of nitro groups is 1. The van der Waals surface area contributed by atoms with Crippen molar-refractivity contribution in [1.29, 1.82) is 0 Å². The minimum atomic E-state index is -0.368. The maximum atomic E-state index is 10.8. The Bertz CT molecular complexity index is 626. The Morgan fingerprint density at radius 2 is 2.15 bits per heavy atom. The minimum Gasteiger partial charge on any atom is -0.379 e. The van der Waals surface area contributed by atoms with Gasteiger partial charge in [-0.1, -0.05) is 13.0 Å². The molecule has 1 aromatic carbocycles. The number of pyridine rings is 1. The molecule has 0 saturated heterocycles. The van der Waals surface area contributed by atoms with Crippen LogP contribution in [-0.4, -0.2) is 9.91 Å². The largest absolute Gasteiger partial charge is 0.379 e. The van der Waals surface area contributed by atoms with Crippen LogP contribution in [0.4, 0.5) is 11.4 Å².